The van der Waals surface area contributed by atoms with E-state index in [9.17, 15) is 4.79 Å². The Hall–Kier alpha value is -1.37. The molecule has 0 N–H and O–H groups in total. The van der Waals surface area contributed by atoms with Gasteiger partial charge in [-0.3, -0.25) is 4.79 Å². The van der Waals surface area contributed by atoms with Crippen molar-refractivity contribution in [2.45, 2.75) is 13.3 Å². The summed E-state index contributed by atoms with van der Waals surface area (Å²) in [7, 11) is 0. The fourth-order valence-corrected chi connectivity index (χ4v) is 1.85. The van der Waals surface area contributed by atoms with Crippen molar-refractivity contribution in [3.63, 3.8) is 0 Å². The van der Waals surface area contributed by atoms with Crippen LogP contribution in [0, 0.1) is 11.8 Å². The maximum Gasteiger partial charge on any atom is 0.166 e. The fourth-order valence-electron chi connectivity index (χ4n) is 1.85. The van der Waals surface area contributed by atoms with Gasteiger partial charge in [0, 0.05) is 11.5 Å². The fraction of sp³-hybridized carbons (Fsp3) is 0.308. The molecule has 0 aromatic heterocycles. The average molecular weight is 186 g/mol. The Morgan fingerprint density at radius 3 is 2.43 bits per heavy atom. The molecule has 1 aliphatic carbocycles. The molecule has 1 aromatic carbocycles. The predicted octanol–water partition coefficient (Wildman–Crippen LogP) is 3.08. The molecule has 14 heavy (non-hydrogen) atoms. The van der Waals surface area contributed by atoms with Crippen molar-refractivity contribution in [1.29, 1.82) is 0 Å². The highest BCUT2D eigenvalue weighted by Crippen LogP contribution is 2.45. The van der Waals surface area contributed by atoms with E-state index in [1.54, 1.807) is 0 Å². The van der Waals surface area contributed by atoms with Crippen LogP contribution in [0.5, 0.6) is 0 Å². The smallest absolute Gasteiger partial charge is 0.166 e. The summed E-state index contributed by atoms with van der Waals surface area (Å²) in [6.07, 6.45) is 0.989. The van der Waals surface area contributed by atoms with E-state index in [0.29, 0.717) is 5.92 Å². The van der Waals surface area contributed by atoms with Crippen molar-refractivity contribution in [2.24, 2.45) is 11.8 Å². The zero-order valence-electron chi connectivity index (χ0n) is 8.36. The molecule has 0 saturated heterocycles. The van der Waals surface area contributed by atoms with Gasteiger partial charge in [-0.2, -0.15) is 0 Å². The normalized spacial score (nSPS) is 24.4. The molecule has 72 valence electrons. The van der Waals surface area contributed by atoms with Crippen LogP contribution in [0.4, 0.5) is 0 Å². The minimum absolute atomic E-state index is 0.204. The van der Waals surface area contributed by atoms with Crippen molar-refractivity contribution >= 4 is 5.78 Å². The van der Waals surface area contributed by atoms with Gasteiger partial charge in [0.25, 0.3) is 0 Å². The standard InChI is InChI=1S/C13H14O/c1-9(2)11-8-12(11)13(14)10-6-4-3-5-7-10/h3-7,11-12H,1,8H2,2H3/t11-,12-/m0/s1. The highest BCUT2D eigenvalue weighted by molar-refractivity contribution is 5.99. The van der Waals surface area contributed by atoms with E-state index in [1.807, 2.05) is 37.3 Å². The van der Waals surface area contributed by atoms with Crippen LogP contribution in [-0.2, 0) is 0 Å². The molecular weight excluding hydrogens is 172 g/mol. The number of carbonyl (C=O) groups is 1. The first-order chi connectivity index (χ1) is 6.70. The molecule has 1 heteroatoms. The second kappa shape index (κ2) is 3.41. The monoisotopic (exact) mass is 186 g/mol. The van der Waals surface area contributed by atoms with Gasteiger partial charge in [-0.15, -0.1) is 0 Å². The molecule has 0 bridgehead atoms. The molecular formula is C13H14O. The summed E-state index contributed by atoms with van der Waals surface area (Å²) < 4.78 is 0. The topological polar surface area (TPSA) is 17.1 Å². The maximum absolute atomic E-state index is 11.9. The van der Waals surface area contributed by atoms with Gasteiger partial charge >= 0.3 is 0 Å². The Morgan fingerprint density at radius 2 is 1.93 bits per heavy atom. The molecule has 1 saturated carbocycles. The maximum atomic E-state index is 11.9. The van der Waals surface area contributed by atoms with E-state index < -0.39 is 0 Å². The van der Waals surface area contributed by atoms with Gasteiger partial charge in [0.15, 0.2) is 5.78 Å². The first-order valence-electron chi connectivity index (χ1n) is 4.95. The zero-order chi connectivity index (χ0) is 10.1. The molecule has 2 atom stereocenters. The van der Waals surface area contributed by atoms with Gasteiger partial charge in [0.1, 0.15) is 0 Å². The van der Waals surface area contributed by atoms with Crippen molar-refractivity contribution < 1.29 is 4.79 Å². The van der Waals surface area contributed by atoms with Gasteiger partial charge in [-0.1, -0.05) is 42.5 Å². The Kier molecular flexibility index (Phi) is 2.24. The molecule has 1 aromatic rings. The van der Waals surface area contributed by atoms with Crippen LogP contribution in [0.3, 0.4) is 0 Å². The lowest BCUT2D eigenvalue weighted by atomic mass is 10.0. The molecule has 1 nitrogen and oxygen atoms in total. The Balaban J connectivity index is 2.09. The third-order valence-corrected chi connectivity index (χ3v) is 2.82. The van der Waals surface area contributed by atoms with E-state index >= 15 is 0 Å². The Labute approximate surface area is 84.5 Å². The minimum Gasteiger partial charge on any atom is -0.294 e. The van der Waals surface area contributed by atoms with Gasteiger partial charge in [0.2, 0.25) is 0 Å². The van der Waals surface area contributed by atoms with Crippen LogP contribution in [0.2, 0.25) is 0 Å². The second-order valence-electron chi connectivity index (χ2n) is 4.03. The van der Waals surface area contributed by atoms with Crippen LogP contribution in [-0.4, -0.2) is 5.78 Å². The van der Waals surface area contributed by atoms with Gasteiger partial charge < -0.3 is 0 Å². The van der Waals surface area contributed by atoms with Crippen molar-refractivity contribution in [3.05, 3.63) is 48.0 Å². The lowest BCUT2D eigenvalue weighted by Crippen LogP contribution is -2.03. The molecule has 0 radical (unpaired) electrons. The summed E-state index contributed by atoms with van der Waals surface area (Å²) >= 11 is 0. The molecule has 0 amide bonds. The zero-order valence-corrected chi connectivity index (χ0v) is 8.36. The largest absolute Gasteiger partial charge is 0.294 e. The number of rotatable bonds is 3. The number of carbonyl (C=O) groups excluding carboxylic acids is 1. The van der Waals surface area contributed by atoms with E-state index in [1.165, 1.54) is 0 Å². The average Bonchev–Trinajstić information content (AvgIpc) is 2.97. The van der Waals surface area contributed by atoms with Crippen LogP contribution in [0.25, 0.3) is 0 Å². The summed E-state index contributed by atoms with van der Waals surface area (Å²) in [4.78, 5) is 11.9. The molecule has 0 spiro atoms. The predicted molar refractivity (Wildman–Crippen MR) is 57.2 cm³/mol. The quantitative estimate of drug-likeness (QED) is 0.523. The Morgan fingerprint density at radius 1 is 1.29 bits per heavy atom. The number of allylic oxidation sites excluding steroid dienone is 1. The number of ketones is 1. The molecule has 1 aliphatic rings. The highest BCUT2D eigenvalue weighted by atomic mass is 16.1. The van der Waals surface area contributed by atoms with E-state index in [0.717, 1.165) is 17.6 Å². The second-order valence-corrected chi connectivity index (χ2v) is 4.03. The van der Waals surface area contributed by atoms with Crippen molar-refractivity contribution in [3.8, 4) is 0 Å². The van der Waals surface area contributed by atoms with Crippen LogP contribution in [0.15, 0.2) is 42.5 Å². The molecule has 0 aliphatic heterocycles. The van der Waals surface area contributed by atoms with E-state index in [2.05, 4.69) is 6.58 Å². The Bertz CT molecular complexity index is 364. The van der Waals surface area contributed by atoms with Gasteiger partial charge in [-0.25, -0.2) is 0 Å². The molecule has 0 heterocycles. The number of hydrogen-bond acceptors (Lipinski definition) is 1. The van der Waals surface area contributed by atoms with Crippen molar-refractivity contribution in [2.75, 3.05) is 0 Å². The van der Waals surface area contributed by atoms with Crippen LogP contribution >= 0.6 is 0 Å². The third-order valence-electron chi connectivity index (χ3n) is 2.82. The summed E-state index contributed by atoms with van der Waals surface area (Å²) in [5.41, 5.74) is 1.97. The molecule has 0 unspecified atom stereocenters. The molecule has 2 rings (SSSR count). The summed E-state index contributed by atoms with van der Waals surface area (Å²) in [5, 5.41) is 0. The number of hydrogen-bond donors (Lipinski definition) is 0. The lowest BCUT2D eigenvalue weighted by Gasteiger charge is -1.99. The number of benzene rings is 1. The summed E-state index contributed by atoms with van der Waals surface area (Å²) in [6, 6.07) is 9.52. The van der Waals surface area contributed by atoms with Gasteiger partial charge in [0.05, 0.1) is 0 Å². The van der Waals surface area contributed by atoms with E-state index in [4.69, 9.17) is 0 Å². The first kappa shape index (κ1) is 9.20. The number of Topliss-reactive ketones (excluding diaryl/α,β-unsaturated/α-hetero) is 1. The summed E-state index contributed by atoms with van der Waals surface area (Å²) in [5.74, 6) is 0.913. The minimum atomic E-state index is 0.204. The summed E-state index contributed by atoms with van der Waals surface area (Å²) in [6.45, 7) is 5.89. The van der Waals surface area contributed by atoms with E-state index in [-0.39, 0.29) is 11.7 Å². The first-order valence-corrected chi connectivity index (χ1v) is 4.95. The van der Waals surface area contributed by atoms with Crippen molar-refractivity contribution in [1.82, 2.24) is 0 Å². The SMILES string of the molecule is C=C(C)[C@@H]1C[C@@H]1C(=O)c1ccccc1. The lowest BCUT2D eigenvalue weighted by molar-refractivity contribution is 0.0963. The van der Waals surface area contributed by atoms with Gasteiger partial charge in [-0.05, 0) is 19.3 Å². The highest BCUT2D eigenvalue weighted by Gasteiger charge is 2.43. The molecule has 1 fully saturated rings. The van der Waals surface area contributed by atoms with Crippen LogP contribution < -0.4 is 0 Å². The van der Waals surface area contributed by atoms with Crippen LogP contribution in [0.1, 0.15) is 23.7 Å². The third kappa shape index (κ3) is 1.63.